The summed E-state index contributed by atoms with van der Waals surface area (Å²) >= 11 is 0. The molecule has 0 spiro atoms. The molecule has 27 heavy (non-hydrogen) atoms. The predicted octanol–water partition coefficient (Wildman–Crippen LogP) is 2.54. The van der Waals surface area contributed by atoms with Gasteiger partial charge >= 0.3 is 0 Å². The van der Waals surface area contributed by atoms with E-state index in [1.165, 1.54) is 22.5 Å². The van der Waals surface area contributed by atoms with Gasteiger partial charge in [0, 0.05) is 49.7 Å². The Hall–Kier alpha value is -2.50. The number of aryl methyl sites for hydroxylation is 2. The summed E-state index contributed by atoms with van der Waals surface area (Å²) in [7, 11) is 1.98. The van der Waals surface area contributed by atoms with Gasteiger partial charge in [0.2, 0.25) is 0 Å². The number of rotatable bonds is 6. The number of para-hydroxylation sites is 1. The average molecular weight is 369 g/mol. The van der Waals surface area contributed by atoms with E-state index in [1.54, 1.807) is 0 Å². The van der Waals surface area contributed by atoms with Crippen molar-refractivity contribution in [1.82, 2.24) is 20.4 Å². The molecule has 2 aromatic rings. The molecular weight excluding hydrogens is 336 g/mol. The van der Waals surface area contributed by atoms with Crippen LogP contribution in [0.3, 0.4) is 0 Å². The molecule has 1 aliphatic heterocycles. The number of hydrogen-bond acceptors (Lipinski definition) is 3. The van der Waals surface area contributed by atoms with Gasteiger partial charge in [-0.2, -0.15) is 5.10 Å². The number of guanidine groups is 1. The second-order valence-electron chi connectivity index (χ2n) is 7.27. The minimum Gasteiger partial charge on any atom is -0.367 e. The van der Waals surface area contributed by atoms with Crippen LogP contribution >= 0.6 is 0 Å². The molecule has 0 aliphatic carbocycles. The maximum atomic E-state index is 4.77. The summed E-state index contributed by atoms with van der Waals surface area (Å²) in [4.78, 5) is 7.26. The van der Waals surface area contributed by atoms with E-state index in [1.807, 2.05) is 18.7 Å². The Morgan fingerprint density at radius 2 is 2.04 bits per heavy atom. The summed E-state index contributed by atoms with van der Waals surface area (Å²) in [5, 5.41) is 11.3. The Kier molecular flexibility index (Phi) is 6.04. The fourth-order valence-electron chi connectivity index (χ4n) is 3.81. The number of nitrogens with zero attached hydrogens (tertiary/aromatic N) is 4. The maximum absolute atomic E-state index is 4.77. The van der Waals surface area contributed by atoms with Crippen LogP contribution in [-0.4, -0.2) is 41.4 Å². The first-order chi connectivity index (χ1) is 13.0. The normalized spacial score (nSPS) is 16.6. The Morgan fingerprint density at radius 1 is 1.26 bits per heavy atom. The molecule has 0 amide bonds. The lowest BCUT2D eigenvalue weighted by Gasteiger charge is -2.25. The van der Waals surface area contributed by atoms with Crippen LogP contribution < -0.4 is 15.5 Å². The molecule has 2 N–H and O–H groups in total. The fraction of sp³-hybridized carbons (Fsp3) is 0.524. The van der Waals surface area contributed by atoms with Crippen molar-refractivity contribution >= 4 is 11.6 Å². The van der Waals surface area contributed by atoms with Crippen molar-refractivity contribution in [2.24, 2.45) is 12.0 Å². The number of fused-ring (bicyclic) bond motifs is 1. The minimum absolute atomic E-state index is 0.546. The molecule has 0 radical (unpaired) electrons. The predicted molar refractivity (Wildman–Crippen MR) is 112 cm³/mol. The number of aromatic nitrogens is 2. The molecule has 0 fully saturated rings. The zero-order chi connectivity index (χ0) is 19.4. The highest BCUT2D eigenvalue weighted by Gasteiger charge is 2.24. The molecule has 6 heteroatoms. The first-order valence-corrected chi connectivity index (χ1v) is 9.87. The van der Waals surface area contributed by atoms with Crippen LogP contribution in [0.1, 0.15) is 36.4 Å². The van der Waals surface area contributed by atoms with E-state index in [-0.39, 0.29) is 0 Å². The lowest BCUT2D eigenvalue weighted by Crippen LogP contribution is -2.42. The van der Waals surface area contributed by atoms with Crippen molar-refractivity contribution in [1.29, 1.82) is 0 Å². The molecule has 0 saturated carbocycles. The molecule has 0 saturated heterocycles. The summed E-state index contributed by atoms with van der Waals surface area (Å²) in [5.74, 6) is 0.861. The topological polar surface area (TPSA) is 57.5 Å². The maximum Gasteiger partial charge on any atom is 0.191 e. The average Bonchev–Trinajstić information content (AvgIpc) is 3.09. The molecule has 1 aromatic carbocycles. The van der Waals surface area contributed by atoms with Crippen molar-refractivity contribution in [3.8, 4) is 0 Å². The molecule has 1 aromatic heterocycles. The van der Waals surface area contributed by atoms with Crippen LogP contribution in [0.4, 0.5) is 5.69 Å². The van der Waals surface area contributed by atoms with Gasteiger partial charge in [-0.15, -0.1) is 0 Å². The Bertz CT molecular complexity index is 807. The summed E-state index contributed by atoms with van der Waals surface area (Å²) in [5.41, 5.74) is 6.26. The fourth-order valence-corrected chi connectivity index (χ4v) is 3.81. The Labute approximate surface area is 162 Å². The third-order valence-electron chi connectivity index (χ3n) is 5.39. The van der Waals surface area contributed by atoms with Crippen LogP contribution in [0.5, 0.6) is 0 Å². The number of aliphatic imine (C=N–C) groups is 1. The second kappa shape index (κ2) is 8.46. The van der Waals surface area contributed by atoms with Gasteiger partial charge in [-0.25, -0.2) is 4.99 Å². The second-order valence-corrected chi connectivity index (χ2v) is 7.27. The quantitative estimate of drug-likeness (QED) is 0.608. The molecule has 146 valence electrons. The largest absolute Gasteiger partial charge is 0.367 e. The van der Waals surface area contributed by atoms with E-state index < -0.39 is 0 Å². The first kappa shape index (κ1) is 19.3. The van der Waals surface area contributed by atoms with E-state index in [9.17, 15) is 0 Å². The summed E-state index contributed by atoms with van der Waals surface area (Å²) in [6.45, 7) is 11.8. The lowest BCUT2D eigenvalue weighted by atomic mass is 10.1. The van der Waals surface area contributed by atoms with Crippen LogP contribution in [0.25, 0.3) is 0 Å². The van der Waals surface area contributed by atoms with Crippen LogP contribution in [0, 0.1) is 13.8 Å². The summed E-state index contributed by atoms with van der Waals surface area (Å²) < 4.78 is 1.92. The molecule has 1 unspecified atom stereocenters. The lowest BCUT2D eigenvalue weighted by molar-refractivity contribution is 0.656. The van der Waals surface area contributed by atoms with Crippen LogP contribution in [-0.2, 0) is 20.0 Å². The molecule has 3 rings (SSSR count). The van der Waals surface area contributed by atoms with Gasteiger partial charge in [0.15, 0.2) is 5.96 Å². The van der Waals surface area contributed by atoms with Crippen molar-refractivity contribution in [3.63, 3.8) is 0 Å². The number of hydrogen-bond donors (Lipinski definition) is 2. The highest BCUT2D eigenvalue weighted by atomic mass is 15.3. The van der Waals surface area contributed by atoms with E-state index in [2.05, 4.69) is 65.7 Å². The van der Waals surface area contributed by atoms with Crippen LogP contribution in [0.15, 0.2) is 29.3 Å². The van der Waals surface area contributed by atoms with E-state index in [0.717, 1.165) is 37.7 Å². The van der Waals surface area contributed by atoms with Gasteiger partial charge in [0.05, 0.1) is 12.2 Å². The van der Waals surface area contributed by atoms with Crippen molar-refractivity contribution < 1.29 is 0 Å². The van der Waals surface area contributed by atoms with Crippen molar-refractivity contribution in [3.05, 3.63) is 46.8 Å². The van der Waals surface area contributed by atoms with E-state index >= 15 is 0 Å². The van der Waals surface area contributed by atoms with Gasteiger partial charge in [0.1, 0.15) is 0 Å². The molecular formula is C21H32N6. The standard InChI is InChI=1S/C21H32N6/c1-6-22-21(24-14-19-16(3)25-26(5)17(19)4)23-11-12-27-15(2)13-18-9-7-8-10-20(18)27/h7-10,15H,6,11-14H2,1-5H3,(H2,22,23,24). The van der Waals surface area contributed by atoms with Gasteiger partial charge in [-0.3, -0.25) is 4.68 Å². The smallest absolute Gasteiger partial charge is 0.191 e. The third kappa shape index (κ3) is 4.26. The van der Waals surface area contributed by atoms with Crippen molar-refractivity contribution in [2.75, 3.05) is 24.5 Å². The van der Waals surface area contributed by atoms with Gasteiger partial charge in [0.25, 0.3) is 0 Å². The zero-order valence-electron chi connectivity index (χ0n) is 17.2. The first-order valence-electron chi connectivity index (χ1n) is 9.87. The monoisotopic (exact) mass is 368 g/mol. The molecule has 0 bridgehead atoms. The molecule has 1 aliphatic rings. The Balaban J connectivity index is 1.60. The number of anilines is 1. The minimum atomic E-state index is 0.546. The molecule has 1 atom stereocenters. The highest BCUT2D eigenvalue weighted by Crippen LogP contribution is 2.31. The van der Waals surface area contributed by atoms with E-state index in [4.69, 9.17) is 4.99 Å². The van der Waals surface area contributed by atoms with Gasteiger partial charge in [-0.05, 0) is 45.7 Å². The highest BCUT2D eigenvalue weighted by molar-refractivity contribution is 5.79. The number of nitrogens with one attached hydrogen (secondary N) is 2. The van der Waals surface area contributed by atoms with Gasteiger partial charge < -0.3 is 15.5 Å². The van der Waals surface area contributed by atoms with Crippen molar-refractivity contribution in [2.45, 2.75) is 46.7 Å². The molecule has 2 heterocycles. The summed E-state index contributed by atoms with van der Waals surface area (Å²) in [6.07, 6.45) is 1.13. The SMILES string of the molecule is CCNC(=NCc1c(C)nn(C)c1C)NCCN1c2ccccc2CC1C. The van der Waals surface area contributed by atoms with E-state index in [0.29, 0.717) is 12.6 Å². The van der Waals surface area contributed by atoms with Crippen LogP contribution in [0.2, 0.25) is 0 Å². The molecule has 6 nitrogen and oxygen atoms in total. The zero-order valence-corrected chi connectivity index (χ0v) is 17.2. The summed E-state index contributed by atoms with van der Waals surface area (Å²) in [6, 6.07) is 9.27. The Morgan fingerprint density at radius 3 is 2.74 bits per heavy atom. The van der Waals surface area contributed by atoms with Gasteiger partial charge in [-0.1, -0.05) is 18.2 Å². The number of benzene rings is 1. The third-order valence-corrected chi connectivity index (χ3v) is 5.39.